The zero-order chi connectivity index (χ0) is 6.78. The van der Waals surface area contributed by atoms with E-state index in [0.717, 1.165) is 0 Å². The molecular formula is C6H18MgOSi. The number of rotatable bonds is 2. The number of hydrogen-bond acceptors (Lipinski definition) is 1. The number of hydrogen-bond donors (Lipinski definition) is 0. The van der Waals surface area contributed by atoms with Gasteiger partial charge in [-0.15, -0.1) is 0 Å². The quantitative estimate of drug-likeness (QED) is 0.560. The second-order valence-corrected chi connectivity index (χ2v) is 7.74. The second kappa shape index (κ2) is 4.71. The van der Waals surface area contributed by atoms with Crippen LogP contribution in [0.3, 0.4) is 0 Å². The van der Waals surface area contributed by atoms with E-state index in [-0.39, 0.29) is 25.9 Å². The summed E-state index contributed by atoms with van der Waals surface area (Å²) < 4.78 is 5.58. The van der Waals surface area contributed by atoms with Crippen molar-refractivity contribution in [1.82, 2.24) is 0 Å². The molecule has 9 heavy (non-hydrogen) atoms. The molecular weight excluding hydrogens is 140 g/mol. The van der Waals surface area contributed by atoms with Crippen molar-refractivity contribution in [3.63, 3.8) is 0 Å². The topological polar surface area (TPSA) is 9.23 Å². The zero-order valence-corrected chi connectivity index (χ0v) is 9.61. The van der Waals surface area contributed by atoms with Crippen LogP contribution in [0.1, 0.15) is 16.7 Å². The summed E-state index contributed by atoms with van der Waals surface area (Å²) in [6.45, 7) is 10.8. The predicted octanol–water partition coefficient (Wildman–Crippen LogP) is 2.09. The Morgan fingerprint density at radius 1 is 1.22 bits per heavy atom. The molecule has 54 valence electrons. The first-order valence-electron chi connectivity index (χ1n) is 3.09. The van der Waals surface area contributed by atoms with E-state index >= 15 is 0 Å². The van der Waals surface area contributed by atoms with Gasteiger partial charge in [-0.1, -0.05) is 0 Å². The molecule has 0 atom stereocenters. The van der Waals surface area contributed by atoms with Crippen LogP contribution in [-0.2, 0) is 4.43 Å². The summed E-state index contributed by atoms with van der Waals surface area (Å²) in [7, 11) is -1.22. The van der Waals surface area contributed by atoms with Crippen molar-refractivity contribution >= 4 is 31.4 Å². The van der Waals surface area contributed by atoms with Gasteiger partial charge >= 0.3 is 23.1 Å². The van der Waals surface area contributed by atoms with Gasteiger partial charge in [0.05, 0.1) is 0 Å². The van der Waals surface area contributed by atoms with Crippen LogP contribution in [0, 0.1) is 0 Å². The largest absolute Gasteiger partial charge is 2.00 e. The summed E-state index contributed by atoms with van der Waals surface area (Å²) in [6, 6.07) is 0. The van der Waals surface area contributed by atoms with E-state index in [1.54, 1.807) is 0 Å². The van der Waals surface area contributed by atoms with Gasteiger partial charge in [0.1, 0.15) is 0 Å². The molecule has 0 rings (SSSR count). The average molecular weight is 159 g/mol. The summed E-state index contributed by atoms with van der Waals surface area (Å²) in [6.07, 6.45) is 0.404. The van der Waals surface area contributed by atoms with Gasteiger partial charge in [-0.3, -0.25) is 0 Å². The van der Waals surface area contributed by atoms with E-state index in [9.17, 15) is 0 Å². The van der Waals surface area contributed by atoms with E-state index in [1.807, 2.05) is 0 Å². The van der Waals surface area contributed by atoms with Crippen LogP contribution in [-0.4, -0.2) is 37.5 Å². The van der Waals surface area contributed by atoms with Crippen LogP contribution in [0.15, 0.2) is 0 Å². The first-order chi connectivity index (χ1) is 3.42. The molecule has 0 saturated carbocycles. The van der Waals surface area contributed by atoms with Gasteiger partial charge in [-0.2, -0.15) is 0 Å². The predicted molar refractivity (Wildman–Crippen MR) is 47.5 cm³/mol. The van der Waals surface area contributed by atoms with Crippen molar-refractivity contribution in [2.24, 2.45) is 0 Å². The van der Waals surface area contributed by atoms with E-state index in [4.69, 9.17) is 4.43 Å². The molecule has 0 aromatic carbocycles. The molecule has 0 aliphatic heterocycles. The Kier molecular flexibility index (Phi) is 6.60. The maximum atomic E-state index is 5.58. The van der Waals surface area contributed by atoms with Gasteiger partial charge in [0.15, 0.2) is 8.32 Å². The maximum absolute atomic E-state index is 5.58. The molecule has 0 amide bonds. The molecule has 0 aliphatic rings. The Morgan fingerprint density at radius 3 is 1.56 bits per heavy atom. The van der Waals surface area contributed by atoms with E-state index in [2.05, 4.69) is 33.5 Å². The van der Waals surface area contributed by atoms with Crippen molar-refractivity contribution in [2.75, 3.05) is 0 Å². The molecule has 0 spiro atoms. The van der Waals surface area contributed by atoms with Gasteiger partial charge in [0.2, 0.25) is 0 Å². The van der Waals surface area contributed by atoms with Crippen LogP contribution < -0.4 is 0 Å². The van der Waals surface area contributed by atoms with Gasteiger partial charge < -0.3 is 7.28 Å². The Balaban J connectivity index is -0.0000000817. The summed E-state index contributed by atoms with van der Waals surface area (Å²) in [4.78, 5) is 0. The van der Waals surface area contributed by atoms with Gasteiger partial charge in [-0.05, 0) is 33.5 Å². The standard InChI is InChI=1S/C6H16OSi.Mg.2H/c1-6(2)7-8(3,4)5;;;/h6H,1-5H3;;;/q;+2;2*-1. The third-order valence-corrected chi connectivity index (χ3v) is 1.77. The first-order valence-corrected chi connectivity index (χ1v) is 6.50. The summed E-state index contributed by atoms with van der Waals surface area (Å²) in [5.41, 5.74) is 0. The molecule has 0 heterocycles. The molecule has 0 unspecified atom stereocenters. The van der Waals surface area contributed by atoms with Crippen LogP contribution in [0.2, 0.25) is 19.6 Å². The minimum atomic E-state index is -1.22. The third-order valence-electron chi connectivity index (χ3n) is 0.589. The summed E-state index contributed by atoms with van der Waals surface area (Å²) >= 11 is 0. The maximum Gasteiger partial charge on any atom is 2.00 e. The van der Waals surface area contributed by atoms with E-state index in [1.165, 1.54) is 0 Å². The normalized spacial score (nSPS) is 11.3. The molecule has 1 nitrogen and oxygen atoms in total. The molecule has 0 N–H and O–H groups in total. The van der Waals surface area contributed by atoms with Crippen molar-refractivity contribution in [2.45, 2.75) is 39.6 Å². The van der Waals surface area contributed by atoms with Crippen molar-refractivity contribution < 1.29 is 7.28 Å². The van der Waals surface area contributed by atoms with E-state index < -0.39 is 8.32 Å². The van der Waals surface area contributed by atoms with Crippen molar-refractivity contribution in [1.29, 1.82) is 0 Å². The van der Waals surface area contributed by atoms with E-state index in [0.29, 0.717) is 6.10 Å². The SMILES string of the molecule is CC(C)O[Si](C)(C)C.[H-].[H-].[Mg+2]. The minimum Gasteiger partial charge on any atom is -1.00 e. The molecule has 0 radical (unpaired) electrons. The average Bonchev–Trinajstić information content (AvgIpc) is 1.21. The second-order valence-electron chi connectivity index (χ2n) is 3.28. The first kappa shape index (κ1) is 12.6. The molecule has 0 saturated heterocycles. The fourth-order valence-corrected chi connectivity index (χ4v) is 2.12. The van der Waals surface area contributed by atoms with Crippen LogP contribution in [0.4, 0.5) is 0 Å². The molecule has 3 heteroatoms. The van der Waals surface area contributed by atoms with Gasteiger partial charge in [0, 0.05) is 6.10 Å². The third kappa shape index (κ3) is 12.2. The Bertz CT molecular complexity index is 75.5. The van der Waals surface area contributed by atoms with Crippen LogP contribution in [0.25, 0.3) is 0 Å². The van der Waals surface area contributed by atoms with Crippen LogP contribution in [0.5, 0.6) is 0 Å². The fourth-order valence-electron chi connectivity index (χ4n) is 0.707. The summed E-state index contributed by atoms with van der Waals surface area (Å²) in [5.74, 6) is 0. The van der Waals surface area contributed by atoms with Crippen molar-refractivity contribution in [3.8, 4) is 0 Å². The van der Waals surface area contributed by atoms with Crippen LogP contribution >= 0.6 is 0 Å². The molecule has 0 bridgehead atoms. The molecule has 0 aromatic heterocycles. The van der Waals surface area contributed by atoms with Crippen molar-refractivity contribution in [3.05, 3.63) is 0 Å². The Hall–Kier alpha value is 0.943. The van der Waals surface area contributed by atoms with Gasteiger partial charge in [0.25, 0.3) is 0 Å². The Labute approximate surface area is 78.4 Å². The monoisotopic (exact) mass is 158 g/mol. The Morgan fingerprint density at radius 2 is 1.56 bits per heavy atom. The summed E-state index contributed by atoms with van der Waals surface area (Å²) in [5, 5.41) is 0. The smallest absolute Gasteiger partial charge is 1.00 e. The molecule has 0 fully saturated rings. The minimum absolute atomic E-state index is 0. The molecule has 0 aliphatic carbocycles. The molecule has 0 aromatic rings. The van der Waals surface area contributed by atoms with Gasteiger partial charge in [-0.25, -0.2) is 0 Å². The fraction of sp³-hybridized carbons (Fsp3) is 1.00. The zero-order valence-electron chi connectivity index (χ0n) is 9.19.